The van der Waals surface area contributed by atoms with Gasteiger partial charge in [-0.1, -0.05) is 30.8 Å². The van der Waals surface area contributed by atoms with Crippen molar-refractivity contribution >= 4 is 23.5 Å². The van der Waals surface area contributed by atoms with E-state index in [1.807, 2.05) is 48.5 Å². The highest BCUT2D eigenvalue weighted by Gasteiger charge is 2.33. The molecule has 1 heterocycles. The van der Waals surface area contributed by atoms with Crippen LogP contribution in [-0.4, -0.2) is 42.1 Å². The number of carbonyl (C=O) groups excluding carboxylic acids is 1. The number of imidazole rings is 1. The number of urea groups is 1. The van der Waals surface area contributed by atoms with Crippen molar-refractivity contribution in [2.45, 2.75) is 31.2 Å². The third-order valence-corrected chi connectivity index (χ3v) is 7.18. The standard InChI is InChI=1S/C30H31F3N4O3S/c1-4-18-37-27(21-11-15-23(40-3)16-12-21)26(20-9-13-22(39-2)14-10-20)36-29(37)41-19-17-34-28(38)35-25-8-6-5-7-24(25)30(31,32)33/h5-16H,4,17-19H2,1-3H3,(H2,34,35,38). The zero-order chi connectivity index (χ0) is 29.4. The van der Waals surface area contributed by atoms with Crippen molar-refractivity contribution in [3.05, 3.63) is 78.4 Å². The van der Waals surface area contributed by atoms with Gasteiger partial charge in [-0.3, -0.25) is 0 Å². The Morgan fingerprint density at radius 2 is 1.54 bits per heavy atom. The summed E-state index contributed by atoms with van der Waals surface area (Å²) in [6.45, 7) is 3.03. The Kier molecular flexibility index (Phi) is 9.82. The maximum absolute atomic E-state index is 13.3. The summed E-state index contributed by atoms with van der Waals surface area (Å²) in [5.41, 5.74) is 2.47. The smallest absolute Gasteiger partial charge is 0.418 e. The Morgan fingerprint density at radius 3 is 2.12 bits per heavy atom. The van der Waals surface area contributed by atoms with Gasteiger partial charge in [0.2, 0.25) is 0 Å². The topological polar surface area (TPSA) is 77.4 Å². The predicted molar refractivity (Wildman–Crippen MR) is 156 cm³/mol. The molecule has 0 fully saturated rings. The second-order valence-corrected chi connectivity index (χ2v) is 10.0. The summed E-state index contributed by atoms with van der Waals surface area (Å²) in [7, 11) is 3.24. The van der Waals surface area contributed by atoms with Gasteiger partial charge < -0.3 is 24.7 Å². The largest absolute Gasteiger partial charge is 0.497 e. The second-order valence-electron chi connectivity index (χ2n) is 8.97. The molecule has 2 amide bonds. The number of nitrogens with one attached hydrogen (secondary N) is 2. The number of hydrogen-bond donors (Lipinski definition) is 2. The van der Waals surface area contributed by atoms with Crippen LogP contribution in [0.2, 0.25) is 0 Å². The molecule has 41 heavy (non-hydrogen) atoms. The lowest BCUT2D eigenvalue weighted by atomic mass is 10.0. The number of amides is 2. The lowest BCUT2D eigenvalue weighted by molar-refractivity contribution is -0.136. The Labute approximate surface area is 241 Å². The van der Waals surface area contributed by atoms with Crippen molar-refractivity contribution in [1.29, 1.82) is 0 Å². The molecule has 0 radical (unpaired) electrons. The molecule has 0 saturated carbocycles. The van der Waals surface area contributed by atoms with Crippen LogP contribution in [0, 0.1) is 0 Å². The minimum atomic E-state index is -4.57. The van der Waals surface area contributed by atoms with Gasteiger partial charge in [-0.15, -0.1) is 0 Å². The first-order chi connectivity index (χ1) is 19.7. The van der Waals surface area contributed by atoms with Gasteiger partial charge in [0.15, 0.2) is 5.16 Å². The van der Waals surface area contributed by atoms with E-state index in [0.717, 1.165) is 58.2 Å². The van der Waals surface area contributed by atoms with E-state index in [-0.39, 0.29) is 12.2 Å². The Bertz CT molecular complexity index is 1460. The van der Waals surface area contributed by atoms with Crippen molar-refractivity contribution in [3.8, 4) is 34.0 Å². The summed E-state index contributed by atoms with van der Waals surface area (Å²) >= 11 is 1.46. The summed E-state index contributed by atoms with van der Waals surface area (Å²) in [6, 6.07) is 19.7. The third kappa shape index (κ3) is 7.35. The van der Waals surface area contributed by atoms with Crippen molar-refractivity contribution in [3.63, 3.8) is 0 Å². The minimum absolute atomic E-state index is 0.222. The molecule has 0 aliphatic rings. The van der Waals surface area contributed by atoms with Crippen LogP contribution in [0.5, 0.6) is 11.5 Å². The number of methoxy groups -OCH3 is 2. The Hall–Kier alpha value is -4.12. The van der Waals surface area contributed by atoms with E-state index < -0.39 is 17.8 Å². The molecule has 0 unspecified atom stereocenters. The lowest BCUT2D eigenvalue weighted by Crippen LogP contribution is -2.31. The van der Waals surface area contributed by atoms with Crippen LogP contribution in [0.4, 0.5) is 23.7 Å². The van der Waals surface area contributed by atoms with Gasteiger partial charge >= 0.3 is 12.2 Å². The van der Waals surface area contributed by atoms with Crippen LogP contribution < -0.4 is 20.1 Å². The number of alkyl halides is 3. The van der Waals surface area contributed by atoms with Crippen molar-refractivity contribution < 1.29 is 27.4 Å². The Balaban J connectivity index is 1.54. The highest BCUT2D eigenvalue weighted by atomic mass is 32.2. The molecule has 4 aromatic rings. The van der Waals surface area contributed by atoms with Gasteiger partial charge in [-0.2, -0.15) is 13.2 Å². The first kappa shape index (κ1) is 29.9. The molecule has 3 aromatic carbocycles. The summed E-state index contributed by atoms with van der Waals surface area (Å²) in [4.78, 5) is 17.4. The number of anilines is 1. The normalized spacial score (nSPS) is 11.3. The minimum Gasteiger partial charge on any atom is -0.497 e. The molecular weight excluding hydrogens is 553 g/mol. The maximum Gasteiger partial charge on any atom is 0.418 e. The van der Waals surface area contributed by atoms with E-state index in [0.29, 0.717) is 5.75 Å². The van der Waals surface area contributed by atoms with Crippen LogP contribution in [0.25, 0.3) is 22.5 Å². The molecule has 216 valence electrons. The van der Waals surface area contributed by atoms with Gasteiger partial charge in [-0.25, -0.2) is 9.78 Å². The molecule has 11 heteroatoms. The van der Waals surface area contributed by atoms with Crippen molar-refractivity contribution in [1.82, 2.24) is 14.9 Å². The fourth-order valence-corrected chi connectivity index (χ4v) is 5.16. The fourth-order valence-electron chi connectivity index (χ4n) is 4.28. The molecule has 4 rings (SSSR count). The van der Waals surface area contributed by atoms with Crippen LogP contribution in [-0.2, 0) is 12.7 Å². The van der Waals surface area contributed by atoms with E-state index in [4.69, 9.17) is 14.5 Å². The number of hydrogen-bond acceptors (Lipinski definition) is 5. The third-order valence-electron chi connectivity index (χ3n) is 6.21. The number of nitrogens with zero attached hydrogens (tertiary/aromatic N) is 2. The molecule has 0 spiro atoms. The van der Waals surface area contributed by atoms with E-state index in [2.05, 4.69) is 22.1 Å². The highest BCUT2D eigenvalue weighted by Crippen LogP contribution is 2.38. The predicted octanol–water partition coefficient (Wildman–Crippen LogP) is 7.58. The zero-order valence-corrected chi connectivity index (χ0v) is 23.7. The van der Waals surface area contributed by atoms with Gasteiger partial charge in [0.1, 0.15) is 11.5 Å². The summed E-state index contributed by atoms with van der Waals surface area (Å²) in [5.74, 6) is 1.95. The molecule has 0 aliphatic carbocycles. The SMILES string of the molecule is CCCn1c(SCCNC(=O)Nc2ccccc2C(F)(F)F)nc(-c2ccc(OC)cc2)c1-c1ccc(OC)cc1. The molecular formula is C30H31F3N4O3S. The monoisotopic (exact) mass is 584 g/mol. The first-order valence-corrected chi connectivity index (χ1v) is 14.0. The average molecular weight is 585 g/mol. The zero-order valence-electron chi connectivity index (χ0n) is 22.9. The van der Waals surface area contributed by atoms with Gasteiger partial charge in [0.25, 0.3) is 0 Å². The number of para-hydroxylation sites is 1. The van der Waals surface area contributed by atoms with E-state index >= 15 is 0 Å². The molecule has 0 bridgehead atoms. The van der Waals surface area contributed by atoms with Gasteiger partial charge in [0.05, 0.1) is 36.9 Å². The molecule has 2 N–H and O–H groups in total. The van der Waals surface area contributed by atoms with Crippen LogP contribution in [0.3, 0.4) is 0 Å². The fraction of sp³-hybridized carbons (Fsp3) is 0.267. The molecule has 1 aromatic heterocycles. The summed E-state index contributed by atoms with van der Waals surface area (Å²) in [5, 5.41) is 5.71. The van der Waals surface area contributed by atoms with Gasteiger partial charge in [0, 0.05) is 30.0 Å². The second kappa shape index (κ2) is 13.5. The molecule has 0 saturated heterocycles. The molecule has 0 atom stereocenters. The summed E-state index contributed by atoms with van der Waals surface area (Å²) in [6.07, 6.45) is -3.70. The molecule has 7 nitrogen and oxygen atoms in total. The highest BCUT2D eigenvalue weighted by molar-refractivity contribution is 7.99. The summed E-state index contributed by atoms with van der Waals surface area (Å²) < 4.78 is 52.6. The van der Waals surface area contributed by atoms with Crippen LogP contribution in [0.15, 0.2) is 78.0 Å². The maximum atomic E-state index is 13.3. The van der Waals surface area contributed by atoms with E-state index in [1.165, 1.54) is 30.0 Å². The number of benzene rings is 3. The number of rotatable bonds is 11. The first-order valence-electron chi connectivity index (χ1n) is 13.0. The number of halogens is 3. The quantitative estimate of drug-likeness (QED) is 0.140. The number of aromatic nitrogens is 2. The van der Waals surface area contributed by atoms with Crippen LogP contribution in [0.1, 0.15) is 18.9 Å². The van der Waals surface area contributed by atoms with Crippen LogP contribution >= 0.6 is 11.8 Å². The van der Waals surface area contributed by atoms with E-state index in [9.17, 15) is 18.0 Å². The number of carbonyl (C=O) groups is 1. The van der Waals surface area contributed by atoms with E-state index in [1.54, 1.807) is 14.2 Å². The molecule has 0 aliphatic heterocycles. The Morgan fingerprint density at radius 1 is 0.927 bits per heavy atom. The number of ether oxygens (including phenoxy) is 2. The van der Waals surface area contributed by atoms with Crippen molar-refractivity contribution in [2.24, 2.45) is 0 Å². The lowest BCUT2D eigenvalue weighted by Gasteiger charge is -2.14. The number of thioether (sulfide) groups is 1. The van der Waals surface area contributed by atoms with Gasteiger partial charge in [-0.05, 0) is 67.1 Å². The average Bonchev–Trinajstić information content (AvgIpc) is 3.33. The van der Waals surface area contributed by atoms with Crippen molar-refractivity contribution in [2.75, 3.05) is 31.8 Å².